The van der Waals surface area contributed by atoms with Gasteiger partial charge in [0.2, 0.25) is 0 Å². The van der Waals surface area contributed by atoms with Gasteiger partial charge < -0.3 is 5.73 Å². The predicted molar refractivity (Wildman–Crippen MR) is 73.7 cm³/mol. The van der Waals surface area contributed by atoms with Crippen LogP contribution in [0.15, 0.2) is 18.2 Å². The molecule has 2 rings (SSSR count). The smallest absolute Gasteiger partial charge is 0.128 e. The van der Waals surface area contributed by atoms with E-state index in [4.69, 9.17) is 5.73 Å². The summed E-state index contributed by atoms with van der Waals surface area (Å²) in [6.45, 7) is 2.19. The van der Waals surface area contributed by atoms with Crippen molar-refractivity contribution in [3.05, 3.63) is 35.4 Å². The Balaban J connectivity index is 2.20. The summed E-state index contributed by atoms with van der Waals surface area (Å²) in [5, 5.41) is 0. The second-order valence-electron chi connectivity index (χ2n) is 5.87. The first-order valence-corrected chi connectivity index (χ1v) is 7.29. The standard InChI is InChI=1S/C16H23F2N/c1-2-4-12-5-3-9-16(19,10-8-12)14-11-13(17)6-7-15(14)18/h6-7,11-12H,2-5,8-10,19H2,1H3. The van der Waals surface area contributed by atoms with Gasteiger partial charge in [0.25, 0.3) is 0 Å². The molecule has 2 atom stereocenters. The van der Waals surface area contributed by atoms with Gasteiger partial charge in [-0.05, 0) is 43.4 Å². The van der Waals surface area contributed by atoms with Crippen LogP contribution in [-0.4, -0.2) is 0 Å². The molecular weight excluding hydrogens is 244 g/mol. The average Bonchev–Trinajstić information content (AvgIpc) is 2.56. The molecule has 0 spiro atoms. The highest BCUT2D eigenvalue weighted by molar-refractivity contribution is 5.27. The Morgan fingerprint density at radius 1 is 1.26 bits per heavy atom. The largest absolute Gasteiger partial charge is 0.321 e. The molecule has 1 aromatic rings. The number of hydrogen-bond acceptors (Lipinski definition) is 1. The lowest BCUT2D eigenvalue weighted by molar-refractivity contribution is 0.352. The molecule has 19 heavy (non-hydrogen) atoms. The lowest BCUT2D eigenvalue weighted by atomic mass is 9.83. The molecule has 3 heteroatoms. The summed E-state index contributed by atoms with van der Waals surface area (Å²) in [7, 11) is 0. The minimum absolute atomic E-state index is 0.352. The maximum atomic E-state index is 13.9. The Hall–Kier alpha value is -0.960. The number of halogens is 2. The first kappa shape index (κ1) is 14.4. The Morgan fingerprint density at radius 3 is 2.79 bits per heavy atom. The van der Waals surface area contributed by atoms with Gasteiger partial charge in [-0.25, -0.2) is 8.78 Å². The fraction of sp³-hybridized carbons (Fsp3) is 0.625. The zero-order chi connectivity index (χ0) is 13.9. The molecule has 0 saturated heterocycles. The van der Waals surface area contributed by atoms with Gasteiger partial charge in [0, 0.05) is 11.1 Å². The second kappa shape index (κ2) is 6.00. The van der Waals surface area contributed by atoms with Crippen molar-refractivity contribution in [3.8, 4) is 0 Å². The van der Waals surface area contributed by atoms with E-state index >= 15 is 0 Å². The molecule has 0 heterocycles. The molecular formula is C16H23F2N. The molecule has 0 bridgehead atoms. The van der Waals surface area contributed by atoms with E-state index in [2.05, 4.69) is 6.92 Å². The van der Waals surface area contributed by atoms with E-state index in [1.807, 2.05) is 0 Å². The number of nitrogens with two attached hydrogens (primary N) is 1. The van der Waals surface area contributed by atoms with Crippen LogP contribution in [0, 0.1) is 17.6 Å². The number of rotatable bonds is 3. The maximum absolute atomic E-state index is 13.9. The van der Waals surface area contributed by atoms with E-state index in [0.29, 0.717) is 11.5 Å². The summed E-state index contributed by atoms with van der Waals surface area (Å²) >= 11 is 0. The molecule has 2 unspecified atom stereocenters. The Morgan fingerprint density at radius 2 is 2.05 bits per heavy atom. The Kier molecular flexibility index (Phi) is 4.56. The molecule has 0 radical (unpaired) electrons. The fourth-order valence-electron chi connectivity index (χ4n) is 3.28. The Labute approximate surface area is 114 Å². The number of benzene rings is 1. The average molecular weight is 267 g/mol. The minimum atomic E-state index is -0.700. The normalized spacial score (nSPS) is 28.1. The van der Waals surface area contributed by atoms with Crippen LogP contribution in [0.2, 0.25) is 0 Å². The molecule has 1 aliphatic carbocycles. The molecule has 1 saturated carbocycles. The lowest BCUT2D eigenvalue weighted by Crippen LogP contribution is -2.37. The van der Waals surface area contributed by atoms with E-state index < -0.39 is 11.4 Å². The van der Waals surface area contributed by atoms with Crippen molar-refractivity contribution in [2.75, 3.05) is 0 Å². The van der Waals surface area contributed by atoms with Gasteiger partial charge in [-0.3, -0.25) is 0 Å². The summed E-state index contributed by atoms with van der Waals surface area (Å²) < 4.78 is 27.3. The van der Waals surface area contributed by atoms with Crippen molar-refractivity contribution in [2.24, 2.45) is 11.7 Å². The number of hydrogen-bond donors (Lipinski definition) is 1. The first-order chi connectivity index (χ1) is 9.05. The minimum Gasteiger partial charge on any atom is -0.321 e. The summed E-state index contributed by atoms with van der Waals surface area (Å²) in [6, 6.07) is 3.61. The predicted octanol–water partition coefficient (Wildman–Crippen LogP) is 4.50. The van der Waals surface area contributed by atoms with Gasteiger partial charge in [0.1, 0.15) is 11.6 Å². The zero-order valence-corrected chi connectivity index (χ0v) is 11.6. The van der Waals surface area contributed by atoms with Crippen LogP contribution in [0.1, 0.15) is 57.4 Å². The van der Waals surface area contributed by atoms with Crippen LogP contribution >= 0.6 is 0 Å². The van der Waals surface area contributed by atoms with Crippen molar-refractivity contribution in [3.63, 3.8) is 0 Å². The summed E-state index contributed by atoms with van der Waals surface area (Å²) in [5.74, 6) is -0.0968. The lowest BCUT2D eigenvalue weighted by Gasteiger charge is -2.29. The summed E-state index contributed by atoms with van der Waals surface area (Å²) in [6.07, 6.45) is 7.05. The van der Waals surface area contributed by atoms with Gasteiger partial charge in [-0.2, -0.15) is 0 Å². The Bertz CT molecular complexity index is 433. The van der Waals surface area contributed by atoms with Crippen LogP contribution < -0.4 is 5.73 Å². The maximum Gasteiger partial charge on any atom is 0.128 e. The SMILES string of the molecule is CCCC1CCCC(N)(c2cc(F)ccc2F)CC1. The summed E-state index contributed by atoms with van der Waals surface area (Å²) in [4.78, 5) is 0. The fourth-order valence-corrected chi connectivity index (χ4v) is 3.28. The van der Waals surface area contributed by atoms with Gasteiger partial charge in [0.15, 0.2) is 0 Å². The molecule has 2 N–H and O–H groups in total. The third-order valence-corrected chi connectivity index (χ3v) is 4.40. The van der Waals surface area contributed by atoms with E-state index in [9.17, 15) is 8.78 Å². The van der Waals surface area contributed by atoms with E-state index in [1.54, 1.807) is 0 Å². The van der Waals surface area contributed by atoms with E-state index in [1.165, 1.54) is 25.0 Å². The van der Waals surface area contributed by atoms with Crippen LogP contribution in [0.3, 0.4) is 0 Å². The third kappa shape index (κ3) is 3.33. The molecule has 1 aliphatic rings. The van der Waals surface area contributed by atoms with Gasteiger partial charge in [0.05, 0.1) is 0 Å². The van der Waals surface area contributed by atoms with Gasteiger partial charge in [-0.1, -0.05) is 32.6 Å². The van der Waals surface area contributed by atoms with E-state index in [0.717, 1.165) is 38.2 Å². The van der Waals surface area contributed by atoms with Crippen molar-refractivity contribution in [2.45, 2.75) is 57.4 Å². The summed E-state index contributed by atoms with van der Waals surface area (Å²) in [5.41, 5.74) is 6.05. The van der Waals surface area contributed by atoms with Crippen LogP contribution in [0.5, 0.6) is 0 Å². The first-order valence-electron chi connectivity index (χ1n) is 7.29. The topological polar surface area (TPSA) is 26.0 Å². The molecule has 106 valence electrons. The van der Waals surface area contributed by atoms with Crippen molar-refractivity contribution >= 4 is 0 Å². The van der Waals surface area contributed by atoms with E-state index in [-0.39, 0.29) is 5.82 Å². The monoisotopic (exact) mass is 267 g/mol. The molecule has 1 aromatic carbocycles. The van der Waals surface area contributed by atoms with Crippen LogP contribution in [0.4, 0.5) is 8.78 Å². The van der Waals surface area contributed by atoms with Gasteiger partial charge >= 0.3 is 0 Å². The molecule has 0 aliphatic heterocycles. The molecule has 0 aromatic heterocycles. The van der Waals surface area contributed by atoms with Gasteiger partial charge in [-0.15, -0.1) is 0 Å². The quantitative estimate of drug-likeness (QED) is 0.802. The molecule has 1 fully saturated rings. The van der Waals surface area contributed by atoms with Crippen molar-refractivity contribution in [1.82, 2.24) is 0 Å². The van der Waals surface area contributed by atoms with Crippen molar-refractivity contribution in [1.29, 1.82) is 0 Å². The molecule has 1 nitrogen and oxygen atoms in total. The highest BCUT2D eigenvalue weighted by atomic mass is 19.1. The van der Waals surface area contributed by atoms with Crippen molar-refractivity contribution < 1.29 is 8.78 Å². The zero-order valence-electron chi connectivity index (χ0n) is 11.6. The second-order valence-corrected chi connectivity index (χ2v) is 5.87. The highest BCUT2D eigenvalue weighted by Gasteiger charge is 2.33. The molecule has 0 amide bonds. The third-order valence-electron chi connectivity index (χ3n) is 4.40. The van der Waals surface area contributed by atoms with Crippen LogP contribution in [0.25, 0.3) is 0 Å². The van der Waals surface area contributed by atoms with Crippen LogP contribution in [-0.2, 0) is 5.54 Å². The highest BCUT2D eigenvalue weighted by Crippen LogP contribution is 2.38.